The molecule has 1 unspecified atom stereocenters. The quantitative estimate of drug-likeness (QED) is 0.790. The van der Waals surface area contributed by atoms with Crippen LogP contribution in [0, 0.1) is 11.6 Å². The number of nitrogens with one attached hydrogen (secondary N) is 1. The van der Waals surface area contributed by atoms with Crippen molar-refractivity contribution in [2.45, 2.75) is 12.5 Å². The van der Waals surface area contributed by atoms with Crippen molar-refractivity contribution in [1.29, 1.82) is 0 Å². The van der Waals surface area contributed by atoms with Crippen molar-refractivity contribution in [3.8, 4) is 5.69 Å². The van der Waals surface area contributed by atoms with E-state index in [0.29, 0.717) is 19.0 Å². The number of hydrogen-bond donors (Lipinski definition) is 2. The van der Waals surface area contributed by atoms with Gasteiger partial charge < -0.3 is 15.2 Å². The van der Waals surface area contributed by atoms with Gasteiger partial charge >= 0.3 is 0 Å². The van der Waals surface area contributed by atoms with Crippen molar-refractivity contribution in [2.24, 2.45) is 0 Å². The van der Waals surface area contributed by atoms with E-state index in [0.717, 1.165) is 16.8 Å². The minimum atomic E-state index is -0.927. The third-order valence-electron chi connectivity index (χ3n) is 3.21. The van der Waals surface area contributed by atoms with E-state index in [1.807, 2.05) is 0 Å². The molecule has 0 aliphatic heterocycles. The largest absolute Gasteiger partial charge is 0.391 e. The van der Waals surface area contributed by atoms with Crippen LogP contribution in [-0.4, -0.2) is 41.3 Å². The summed E-state index contributed by atoms with van der Waals surface area (Å²) in [7, 11) is 1.48. The highest BCUT2D eigenvalue weighted by molar-refractivity contribution is 6.32. The molecule has 0 spiro atoms. The number of aromatic nitrogens is 2. The van der Waals surface area contributed by atoms with Crippen molar-refractivity contribution in [1.82, 2.24) is 9.78 Å². The maximum Gasteiger partial charge on any atom is 0.292 e. The molecule has 1 heterocycles. The number of halogens is 3. The number of aliphatic hydroxyl groups is 1. The number of anilines is 1. The topological polar surface area (TPSA) is 76.4 Å². The molecule has 0 radical (unpaired) electrons. The first-order valence-corrected chi connectivity index (χ1v) is 7.46. The lowest BCUT2D eigenvalue weighted by Gasteiger charge is -2.13. The fourth-order valence-electron chi connectivity index (χ4n) is 2.03. The fraction of sp³-hybridized carbons (Fsp3) is 0.333. The predicted molar refractivity (Wildman–Crippen MR) is 85.7 cm³/mol. The molecule has 2 N–H and O–H groups in total. The van der Waals surface area contributed by atoms with Gasteiger partial charge in [-0.1, -0.05) is 11.6 Å². The van der Waals surface area contributed by atoms with Gasteiger partial charge in [-0.05, 0) is 18.6 Å². The first kappa shape index (κ1) is 18.3. The highest BCUT2D eigenvalue weighted by atomic mass is 35.5. The van der Waals surface area contributed by atoms with Gasteiger partial charge in [-0.3, -0.25) is 4.79 Å². The first-order valence-electron chi connectivity index (χ1n) is 7.08. The maximum absolute atomic E-state index is 13.8. The first-order chi connectivity index (χ1) is 11.4. The molecule has 0 aliphatic rings. The van der Waals surface area contributed by atoms with E-state index in [9.17, 15) is 18.7 Å². The molecule has 24 heavy (non-hydrogen) atoms. The molecule has 0 saturated carbocycles. The average molecular weight is 360 g/mol. The fourth-order valence-corrected chi connectivity index (χ4v) is 2.23. The second-order valence-electron chi connectivity index (χ2n) is 5.01. The van der Waals surface area contributed by atoms with Gasteiger partial charge in [0.05, 0.1) is 24.6 Å². The van der Waals surface area contributed by atoms with Crippen LogP contribution in [0.15, 0.2) is 29.2 Å². The third-order valence-corrected chi connectivity index (χ3v) is 3.57. The van der Waals surface area contributed by atoms with Gasteiger partial charge in [0.25, 0.3) is 5.56 Å². The van der Waals surface area contributed by atoms with Gasteiger partial charge in [0, 0.05) is 19.7 Å². The van der Waals surface area contributed by atoms with Crippen molar-refractivity contribution < 1.29 is 18.6 Å². The Kier molecular flexibility index (Phi) is 6.24. The highest BCUT2D eigenvalue weighted by Crippen LogP contribution is 2.18. The van der Waals surface area contributed by atoms with Crippen molar-refractivity contribution in [3.63, 3.8) is 0 Å². The molecule has 1 aromatic heterocycles. The Morgan fingerprint density at radius 2 is 2.21 bits per heavy atom. The molecule has 1 atom stereocenters. The molecular weight excluding hydrogens is 344 g/mol. The van der Waals surface area contributed by atoms with Gasteiger partial charge in [0.15, 0.2) is 5.82 Å². The Balaban J connectivity index is 2.18. The van der Waals surface area contributed by atoms with Gasteiger partial charge in [-0.25, -0.2) is 8.78 Å². The van der Waals surface area contributed by atoms with E-state index in [1.54, 1.807) is 0 Å². The summed E-state index contributed by atoms with van der Waals surface area (Å²) in [5, 5.41) is 16.1. The van der Waals surface area contributed by atoms with Crippen LogP contribution in [0.25, 0.3) is 5.69 Å². The molecule has 2 aromatic rings. The molecular formula is C15H16ClF2N3O3. The van der Waals surface area contributed by atoms with Crippen LogP contribution in [0.4, 0.5) is 14.5 Å². The van der Waals surface area contributed by atoms with E-state index < -0.39 is 23.3 Å². The minimum absolute atomic E-state index is 0.185. The lowest BCUT2D eigenvalue weighted by molar-refractivity contribution is 0.0615. The van der Waals surface area contributed by atoms with Crippen LogP contribution in [0.5, 0.6) is 0 Å². The Bertz CT molecular complexity index is 770. The average Bonchev–Trinajstić information content (AvgIpc) is 2.53. The number of aliphatic hydroxyl groups excluding tert-OH is 1. The highest BCUT2D eigenvalue weighted by Gasteiger charge is 2.14. The zero-order chi connectivity index (χ0) is 17.7. The van der Waals surface area contributed by atoms with E-state index in [-0.39, 0.29) is 23.0 Å². The summed E-state index contributed by atoms with van der Waals surface area (Å²) in [4.78, 5) is 12.2. The van der Waals surface area contributed by atoms with Gasteiger partial charge in [-0.15, -0.1) is 0 Å². The van der Waals surface area contributed by atoms with Crippen LogP contribution < -0.4 is 10.9 Å². The zero-order valence-corrected chi connectivity index (χ0v) is 13.6. The zero-order valence-electron chi connectivity index (χ0n) is 12.8. The van der Waals surface area contributed by atoms with Crippen molar-refractivity contribution in [2.75, 3.05) is 25.6 Å². The van der Waals surface area contributed by atoms with E-state index in [4.69, 9.17) is 16.3 Å². The second-order valence-corrected chi connectivity index (χ2v) is 5.39. The smallest absolute Gasteiger partial charge is 0.292 e. The van der Waals surface area contributed by atoms with Crippen molar-refractivity contribution in [3.05, 3.63) is 51.4 Å². The molecule has 6 nitrogen and oxygen atoms in total. The van der Waals surface area contributed by atoms with Gasteiger partial charge in [-0.2, -0.15) is 9.78 Å². The molecule has 0 aliphatic carbocycles. The Labute approximate surface area is 141 Å². The lowest BCUT2D eigenvalue weighted by atomic mass is 10.2. The van der Waals surface area contributed by atoms with Crippen LogP contribution in [-0.2, 0) is 4.74 Å². The van der Waals surface area contributed by atoms with E-state index >= 15 is 0 Å². The lowest BCUT2D eigenvalue weighted by Crippen LogP contribution is -2.24. The summed E-state index contributed by atoms with van der Waals surface area (Å²) in [6, 6.07) is 2.77. The Hall–Kier alpha value is -2.03. The van der Waals surface area contributed by atoms with E-state index in [2.05, 4.69) is 10.4 Å². The summed E-state index contributed by atoms with van der Waals surface area (Å²) in [6.45, 7) is 0.527. The number of nitrogens with zero attached hydrogens (tertiary/aromatic N) is 2. The molecule has 0 amide bonds. The molecule has 130 valence electrons. The molecule has 9 heteroatoms. The number of rotatable bonds is 7. The number of methoxy groups -OCH3 is 1. The molecule has 0 fully saturated rings. The number of ether oxygens (including phenoxy) is 1. The van der Waals surface area contributed by atoms with Crippen LogP contribution in [0.3, 0.4) is 0 Å². The SMILES string of the molecule is COCC(O)CCNc1cnn(-c2ccc(F)cc2F)c(=O)c1Cl. The maximum atomic E-state index is 13.8. The van der Waals surface area contributed by atoms with Crippen LogP contribution in [0.2, 0.25) is 5.02 Å². The van der Waals surface area contributed by atoms with Crippen LogP contribution in [0.1, 0.15) is 6.42 Å². The Morgan fingerprint density at radius 1 is 1.46 bits per heavy atom. The van der Waals surface area contributed by atoms with Crippen LogP contribution >= 0.6 is 11.6 Å². The summed E-state index contributed by atoms with van der Waals surface area (Å²) < 4.78 is 32.3. The third kappa shape index (κ3) is 4.28. The predicted octanol–water partition coefficient (Wildman–Crippen LogP) is 1.97. The molecule has 0 saturated heterocycles. The molecule has 1 aromatic carbocycles. The molecule has 0 bridgehead atoms. The standard InChI is InChI=1S/C15H16ClF2N3O3/c1-24-8-10(22)4-5-19-12-7-20-21(15(23)14(12)16)13-3-2-9(17)6-11(13)18/h2-3,6-7,10,19,22H,4-5,8H2,1H3. The van der Waals surface area contributed by atoms with Crippen molar-refractivity contribution >= 4 is 17.3 Å². The minimum Gasteiger partial charge on any atom is -0.391 e. The summed E-state index contributed by atoms with van der Waals surface area (Å²) >= 11 is 5.99. The monoisotopic (exact) mass is 359 g/mol. The van der Waals surface area contributed by atoms with Gasteiger partial charge in [0.1, 0.15) is 16.5 Å². The number of benzene rings is 1. The second kappa shape index (κ2) is 8.18. The summed E-state index contributed by atoms with van der Waals surface area (Å²) in [5.74, 6) is -1.69. The summed E-state index contributed by atoms with van der Waals surface area (Å²) in [5.41, 5.74) is -0.694. The van der Waals surface area contributed by atoms with E-state index in [1.165, 1.54) is 13.3 Å². The molecule has 2 rings (SSSR count). The summed E-state index contributed by atoms with van der Waals surface area (Å²) in [6.07, 6.45) is 0.984. The Morgan fingerprint density at radius 3 is 2.88 bits per heavy atom. The van der Waals surface area contributed by atoms with Gasteiger partial charge in [0.2, 0.25) is 0 Å². The normalized spacial score (nSPS) is 12.2. The number of hydrogen-bond acceptors (Lipinski definition) is 5.